The molecule has 22 heavy (non-hydrogen) atoms. The molecule has 0 unspecified atom stereocenters. The monoisotopic (exact) mass is 302 g/mol. The lowest BCUT2D eigenvalue weighted by molar-refractivity contribution is -0.122. The van der Waals surface area contributed by atoms with Gasteiger partial charge in [-0.25, -0.2) is 9.97 Å². The zero-order valence-electron chi connectivity index (χ0n) is 13.4. The second-order valence-corrected chi connectivity index (χ2v) is 6.55. The van der Waals surface area contributed by atoms with Crippen LogP contribution in [-0.4, -0.2) is 35.0 Å². The van der Waals surface area contributed by atoms with Crippen molar-refractivity contribution in [2.75, 3.05) is 13.1 Å². The van der Waals surface area contributed by atoms with Crippen LogP contribution in [0, 0.1) is 6.92 Å². The summed E-state index contributed by atoms with van der Waals surface area (Å²) in [6.45, 7) is 4.07. The standard InChI is InChI=1S/C17H26N4O/c1-12-19-15(5-6-17(22)21-14-3-2-4-14)11-16(20-12)13-7-9-18-10-8-13/h11,13-14,18H,2-10H2,1H3,(H,21,22). The third-order valence-corrected chi connectivity index (χ3v) is 4.75. The van der Waals surface area contributed by atoms with Crippen LogP contribution in [0.5, 0.6) is 0 Å². The largest absolute Gasteiger partial charge is 0.353 e. The van der Waals surface area contributed by atoms with Crippen molar-refractivity contribution in [3.8, 4) is 0 Å². The second-order valence-electron chi connectivity index (χ2n) is 6.55. The maximum absolute atomic E-state index is 11.9. The van der Waals surface area contributed by atoms with E-state index in [1.165, 1.54) is 6.42 Å². The van der Waals surface area contributed by atoms with Crippen LogP contribution in [0.2, 0.25) is 0 Å². The van der Waals surface area contributed by atoms with Crippen LogP contribution in [0.1, 0.15) is 61.7 Å². The summed E-state index contributed by atoms with van der Waals surface area (Å²) in [5.74, 6) is 1.51. The average Bonchev–Trinajstić information content (AvgIpc) is 2.49. The van der Waals surface area contributed by atoms with E-state index in [1.54, 1.807) is 0 Å². The molecule has 0 radical (unpaired) electrons. The minimum atomic E-state index is 0.157. The van der Waals surface area contributed by atoms with Gasteiger partial charge in [0.2, 0.25) is 5.91 Å². The molecule has 1 aliphatic heterocycles. The summed E-state index contributed by atoms with van der Waals surface area (Å²) < 4.78 is 0. The normalized spacial score (nSPS) is 19.7. The summed E-state index contributed by atoms with van der Waals surface area (Å²) in [6.07, 6.45) is 7.03. The summed E-state index contributed by atoms with van der Waals surface area (Å²) in [5, 5.41) is 6.48. The van der Waals surface area contributed by atoms with Gasteiger partial charge < -0.3 is 10.6 Å². The van der Waals surface area contributed by atoms with Crippen molar-refractivity contribution in [3.63, 3.8) is 0 Å². The lowest BCUT2D eigenvalue weighted by atomic mass is 9.93. The molecule has 1 amide bonds. The van der Waals surface area contributed by atoms with Gasteiger partial charge in [0, 0.05) is 29.8 Å². The minimum Gasteiger partial charge on any atom is -0.353 e. The first kappa shape index (κ1) is 15.4. The highest BCUT2D eigenvalue weighted by atomic mass is 16.1. The van der Waals surface area contributed by atoms with Crippen molar-refractivity contribution in [1.82, 2.24) is 20.6 Å². The molecule has 5 nitrogen and oxygen atoms in total. The summed E-state index contributed by atoms with van der Waals surface area (Å²) in [7, 11) is 0. The van der Waals surface area contributed by atoms with Crippen molar-refractivity contribution < 1.29 is 4.79 Å². The number of amides is 1. The zero-order valence-corrected chi connectivity index (χ0v) is 13.4. The molecule has 0 bridgehead atoms. The topological polar surface area (TPSA) is 66.9 Å². The van der Waals surface area contributed by atoms with Crippen LogP contribution >= 0.6 is 0 Å². The number of hydrogen-bond acceptors (Lipinski definition) is 4. The Labute approximate surface area is 132 Å². The van der Waals surface area contributed by atoms with Gasteiger partial charge in [0.25, 0.3) is 0 Å². The molecule has 3 rings (SSSR count). The van der Waals surface area contributed by atoms with Crippen LogP contribution in [0.3, 0.4) is 0 Å². The van der Waals surface area contributed by atoms with E-state index >= 15 is 0 Å². The molecule has 2 fully saturated rings. The molecule has 0 spiro atoms. The number of rotatable bonds is 5. The highest BCUT2D eigenvalue weighted by Gasteiger charge is 2.20. The highest BCUT2D eigenvalue weighted by molar-refractivity contribution is 5.76. The van der Waals surface area contributed by atoms with Gasteiger partial charge in [-0.1, -0.05) is 0 Å². The highest BCUT2D eigenvalue weighted by Crippen LogP contribution is 2.24. The third kappa shape index (κ3) is 4.03. The Balaban J connectivity index is 1.57. The predicted octanol–water partition coefficient (Wildman–Crippen LogP) is 1.85. The molecule has 2 aliphatic rings. The molecule has 1 aromatic rings. The summed E-state index contributed by atoms with van der Waals surface area (Å²) in [6, 6.07) is 2.53. The Bertz CT molecular complexity index is 521. The fourth-order valence-corrected chi connectivity index (χ4v) is 3.20. The number of carbonyl (C=O) groups is 1. The second kappa shape index (κ2) is 7.18. The maximum Gasteiger partial charge on any atom is 0.220 e. The van der Waals surface area contributed by atoms with Gasteiger partial charge in [0.05, 0.1) is 0 Å². The maximum atomic E-state index is 11.9. The fourth-order valence-electron chi connectivity index (χ4n) is 3.20. The van der Waals surface area contributed by atoms with Gasteiger partial charge in [-0.2, -0.15) is 0 Å². The van der Waals surface area contributed by atoms with Gasteiger partial charge in [0.15, 0.2) is 0 Å². The number of carbonyl (C=O) groups excluding carboxylic acids is 1. The summed E-state index contributed by atoms with van der Waals surface area (Å²) >= 11 is 0. The Hall–Kier alpha value is -1.49. The van der Waals surface area contributed by atoms with E-state index in [2.05, 4.69) is 26.7 Å². The van der Waals surface area contributed by atoms with Gasteiger partial charge in [-0.05, 0) is 64.6 Å². The number of hydrogen-bond donors (Lipinski definition) is 2. The Morgan fingerprint density at radius 1 is 1.27 bits per heavy atom. The molecule has 5 heteroatoms. The number of aromatic nitrogens is 2. The zero-order chi connectivity index (χ0) is 15.4. The third-order valence-electron chi connectivity index (χ3n) is 4.75. The molecule has 1 saturated heterocycles. The first-order valence-corrected chi connectivity index (χ1v) is 8.55. The fraction of sp³-hybridized carbons (Fsp3) is 0.706. The Kier molecular flexibility index (Phi) is 5.03. The number of piperidine rings is 1. The molecule has 1 aliphatic carbocycles. The molecule has 2 N–H and O–H groups in total. The van der Waals surface area contributed by atoms with Crippen molar-refractivity contribution in [3.05, 3.63) is 23.3 Å². The summed E-state index contributed by atoms with van der Waals surface area (Å²) in [5.41, 5.74) is 2.16. The van der Waals surface area contributed by atoms with E-state index in [4.69, 9.17) is 0 Å². The molecular weight excluding hydrogens is 276 g/mol. The van der Waals surface area contributed by atoms with Crippen molar-refractivity contribution in [1.29, 1.82) is 0 Å². The van der Waals surface area contributed by atoms with Gasteiger partial charge in [0.1, 0.15) is 5.82 Å². The molecule has 1 saturated carbocycles. The van der Waals surface area contributed by atoms with Crippen LogP contribution < -0.4 is 10.6 Å². The van der Waals surface area contributed by atoms with Crippen molar-refractivity contribution in [2.24, 2.45) is 0 Å². The molecule has 1 aromatic heterocycles. The van der Waals surface area contributed by atoms with Gasteiger partial charge in [-0.15, -0.1) is 0 Å². The molecule has 0 atom stereocenters. The van der Waals surface area contributed by atoms with Crippen LogP contribution in [0.15, 0.2) is 6.07 Å². The van der Waals surface area contributed by atoms with E-state index in [9.17, 15) is 4.79 Å². The molecule has 2 heterocycles. The SMILES string of the molecule is Cc1nc(CCC(=O)NC2CCC2)cc(C2CCNCC2)n1. The number of nitrogens with one attached hydrogen (secondary N) is 2. The first-order chi connectivity index (χ1) is 10.7. The Morgan fingerprint density at radius 3 is 2.73 bits per heavy atom. The van der Waals surface area contributed by atoms with Crippen molar-refractivity contribution in [2.45, 2.75) is 63.8 Å². The Morgan fingerprint density at radius 2 is 2.05 bits per heavy atom. The van der Waals surface area contributed by atoms with Crippen LogP contribution in [0.4, 0.5) is 0 Å². The van der Waals surface area contributed by atoms with Crippen LogP contribution in [-0.2, 0) is 11.2 Å². The lowest BCUT2D eigenvalue weighted by Gasteiger charge is -2.26. The lowest BCUT2D eigenvalue weighted by Crippen LogP contribution is -2.39. The minimum absolute atomic E-state index is 0.157. The molecule has 120 valence electrons. The van der Waals surface area contributed by atoms with Crippen LogP contribution in [0.25, 0.3) is 0 Å². The van der Waals surface area contributed by atoms with E-state index in [0.717, 1.165) is 56.0 Å². The van der Waals surface area contributed by atoms with Gasteiger partial charge >= 0.3 is 0 Å². The first-order valence-electron chi connectivity index (χ1n) is 8.55. The summed E-state index contributed by atoms with van der Waals surface area (Å²) in [4.78, 5) is 21.1. The smallest absolute Gasteiger partial charge is 0.220 e. The van der Waals surface area contributed by atoms with Crippen molar-refractivity contribution >= 4 is 5.91 Å². The number of nitrogens with zero attached hydrogens (tertiary/aromatic N) is 2. The predicted molar refractivity (Wildman–Crippen MR) is 85.7 cm³/mol. The van der Waals surface area contributed by atoms with E-state index in [-0.39, 0.29) is 5.91 Å². The van der Waals surface area contributed by atoms with E-state index in [1.807, 2.05) is 6.92 Å². The molecule has 0 aromatic carbocycles. The van der Waals surface area contributed by atoms with Gasteiger partial charge in [-0.3, -0.25) is 4.79 Å². The number of aryl methyl sites for hydroxylation is 2. The molecular formula is C17H26N4O. The quantitative estimate of drug-likeness (QED) is 0.871. The average molecular weight is 302 g/mol. The van der Waals surface area contributed by atoms with E-state index in [0.29, 0.717) is 24.8 Å². The van der Waals surface area contributed by atoms with E-state index < -0.39 is 0 Å².